The first kappa shape index (κ1) is 10.7. The predicted molar refractivity (Wildman–Crippen MR) is 55.6 cm³/mol. The fourth-order valence-corrected chi connectivity index (χ4v) is 1.62. The Hall–Kier alpha value is -0.340. The molecular formula is C11H21NO. The van der Waals surface area contributed by atoms with Crippen molar-refractivity contribution in [2.45, 2.75) is 38.7 Å². The highest BCUT2D eigenvalue weighted by atomic mass is 16.3. The van der Waals surface area contributed by atoms with Gasteiger partial charge in [-0.1, -0.05) is 12.2 Å². The van der Waals surface area contributed by atoms with E-state index in [2.05, 4.69) is 17.5 Å². The standard InChI is InChI=1S/C11H21NO/c1-11(2,13)9-12-8-10-6-4-3-5-7-10/h3-4,10,12-13H,5-9H2,1-2H3. The first-order chi connectivity index (χ1) is 6.08. The predicted octanol–water partition coefficient (Wildman–Crippen LogP) is 1.70. The Bertz CT molecular complexity index is 169. The lowest BCUT2D eigenvalue weighted by Crippen LogP contribution is -2.37. The van der Waals surface area contributed by atoms with Crippen LogP contribution in [-0.2, 0) is 0 Å². The molecule has 0 saturated carbocycles. The van der Waals surface area contributed by atoms with E-state index in [0.29, 0.717) is 6.54 Å². The minimum absolute atomic E-state index is 0.579. The second-order valence-electron chi connectivity index (χ2n) is 4.59. The Morgan fingerprint density at radius 3 is 2.77 bits per heavy atom. The lowest BCUT2D eigenvalue weighted by atomic mass is 9.94. The lowest BCUT2D eigenvalue weighted by molar-refractivity contribution is 0.0786. The summed E-state index contributed by atoms with van der Waals surface area (Å²) in [4.78, 5) is 0. The molecule has 0 aromatic heterocycles. The van der Waals surface area contributed by atoms with Crippen LogP contribution in [0, 0.1) is 5.92 Å². The third-order valence-electron chi connectivity index (χ3n) is 2.37. The van der Waals surface area contributed by atoms with Crippen molar-refractivity contribution in [3.63, 3.8) is 0 Å². The molecule has 2 N–H and O–H groups in total. The zero-order valence-corrected chi connectivity index (χ0v) is 8.71. The fourth-order valence-electron chi connectivity index (χ4n) is 1.62. The van der Waals surface area contributed by atoms with E-state index in [1.54, 1.807) is 0 Å². The molecule has 1 aliphatic carbocycles. The second-order valence-corrected chi connectivity index (χ2v) is 4.59. The van der Waals surface area contributed by atoms with Gasteiger partial charge in [-0.15, -0.1) is 0 Å². The summed E-state index contributed by atoms with van der Waals surface area (Å²) < 4.78 is 0. The number of aliphatic hydroxyl groups is 1. The van der Waals surface area contributed by atoms with Gasteiger partial charge < -0.3 is 10.4 Å². The van der Waals surface area contributed by atoms with Gasteiger partial charge in [-0.05, 0) is 45.6 Å². The van der Waals surface area contributed by atoms with Crippen molar-refractivity contribution >= 4 is 0 Å². The van der Waals surface area contributed by atoms with E-state index in [9.17, 15) is 5.11 Å². The molecule has 0 spiro atoms. The molecule has 0 fully saturated rings. The van der Waals surface area contributed by atoms with Crippen molar-refractivity contribution in [1.29, 1.82) is 0 Å². The topological polar surface area (TPSA) is 32.3 Å². The van der Waals surface area contributed by atoms with Crippen LogP contribution in [0.15, 0.2) is 12.2 Å². The number of nitrogens with one attached hydrogen (secondary N) is 1. The Kier molecular flexibility index (Phi) is 3.94. The average molecular weight is 183 g/mol. The van der Waals surface area contributed by atoms with Gasteiger partial charge in [-0.2, -0.15) is 0 Å². The van der Waals surface area contributed by atoms with Gasteiger partial charge in [0.05, 0.1) is 5.60 Å². The van der Waals surface area contributed by atoms with Gasteiger partial charge in [-0.3, -0.25) is 0 Å². The summed E-state index contributed by atoms with van der Waals surface area (Å²) in [5, 5.41) is 12.8. The quantitative estimate of drug-likeness (QED) is 0.650. The summed E-state index contributed by atoms with van der Waals surface area (Å²) in [6.45, 7) is 5.39. The number of hydrogen-bond donors (Lipinski definition) is 2. The van der Waals surface area contributed by atoms with E-state index in [1.807, 2.05) is 13.8 Å². The highest BCUT2D eigenvalue weighted by Crippen LogP contribution is 2.16. The SMILES string of the molecule is CC(C)(O)CNCC1CC=CCC1. The van der Waals surface area contributed by atoms with Gasteiger partial charge in [0.25, 0.3) is 0 Å². The van der Waals surface area contributed by atoms with E-state index < -0.39 is 5.60 Å². The molecule has 2 heteroatoms. The molecular weight excluding hydrogens is 162 g/mol. The Morgan fingerprint density at radius 1 is 1.46 bits per heavy atom. The normalized spacial score (nSPS) is 23.5. The van der Waals surface area contributed by atoms with Crippen molar-refractivity contribution in [3.8, 4) is 0 Å². The molecule has 0 heterocycles. The van der Waals surface area contributed by atoms with Crippen LogP contribution >= 0.6 is 0 Å². The summed E-state index contributed by atoms with van der Waals surface area (Å²) in [7, 11) is 0. The Morgan fingerprint density at radius 2 is 2.23 bits per heavy atom. The molecule has 0 radical (unpaired) electrons. The first-order valence-electron chi connectivity index (χ1n) is 5.16. The smallest absolute Gasteiger partial charge is 0.0715 e. The fraction of sp³-hybridized carbons (Fsp3) is 0.818. The van der Waals surface area contributed by atoms with Crippen molar-refractivity contribution < 1.29 is 5.11 Å². The monoisotopic (exact) mass is 183 g/mol. The molecule has 0 saturated heterocycles. The zero-order chi connectivity index (χ0) is 9.73. The van der Waals surface area contributed by atoms with Crippen LogP contribution in [-0.4, -0.2) is 23.8 Å². The molecule has 0 aromatic carbocycles. The summed E-state index contributed by atoms with van der Waals surface area (Å²) in [6, 6.07) is 0. The van der Waals surface area contributed by atoms with E-state index in [1.165, 1.54) is 19.3 Å². The molecule has 1 atom stereocenters. The number of hydrogen-bond acceptors (Lipinski definition) is 2. The Balaban J connectivity index is 2.09. The van der Waals surface area contributed by atoms with Crippen LogP contribution in [0.2, 0.25) is 0 Å². The van der Waals surface area contributed by atoms with Gasteiger partial charge in [0, 0.05) is 6.54 Å². The van der Waals surface area contributed by atoms with E-state index in [-0.39, 0.29) is 0 Å². The highest BCUT2D eigenvalue weighted by molar-refractivity contribution is 4.90. The maximum atomic E-state index is 9.47. The molecule has 0 aromatic rings. The minimum atomic E-state index is -0.579. The molecule has 1 rings (SSSR count). The molecule has 13 heavy (non-hydrogen) atoms. The molecule has 1 unspecified atom stereocenters. The average Bonchev–Trinajstić information content (AvgIpc) is 2.04. The van der Waals surface area contributed by atoms with Crippen LogP contribution < -0.4 is 5.32 Å². The number of rotatable bonds is 4. The van der Waals surface area contributed by atoms with Crippen LogP contribution in [0.4, 0.5) is 0 Å². The molecule has 1 aliphatic rings. The third kappa shape index (κ3) is 5.06. The van der Waals surface area contributed by atoms with Gasteiger partial charge >= 0.3 is 0 Å². The minimum Gasteiger partial charge on any atom is -0.389 e. The maximum Gasteiger partial charge on any atom is 0.0715 e. The van der Waals surface area contributed by atoms with Gasteiger partial charge in [-0.25, -0.2) is 0 Å². The second kappa shape index (κ2) is 4.77. The molecule has 0 aliphatic heterocycles. The zero-order valence-electron chi connectivity index (χ0n) is 8.71. The summed E-state index contributed by atoms with van der Waals surface area (Å²) in [5.41, 5.74) is -0.579. The summed E-state index contributed by atoms with van der Waals surface area (Å²) >= 11 is 0. The van der Waals surface area contributed by atoms with Crippen LogP contribution in [0.5, 0.6) is 0 Å². The van der Waals surface area contributed by atoms with Gasteiger partial charge in [0.2, 0.25) is 0 Å². The van der Waals surface area contributed by atoms with Crippen molar-refractivity contribution in [2.75, 3.05) is 13.1 Å². The maximum absolute atomic E-state index is 9.47. The summed E-state index contributed by atoms with van der Waals surface area (Å²) in [6.07, 6.45) is 8.22. The first-order valence-corrected chi connectivity index (χ1v) is 5.16. The van der Waals surface area contributed by atoms with Crippen LogP contribution in [0.1, 0.15) is 33.1 Å². The largest absolute Gasteiger partial charge is 0.389 e. The summed E-state index contributed by atoms with van der Waals surface area (Å²) in [5.74, 6) is 0.771. The molecule has 2 nitrogen and oxygen atoms in total. The molecule has 0 amide bonds. The van der Waals surface area contributed by atoms with Gasteiger partial charge in [0.1, 0.15) is 0 Å². The lowest BCUT2D eigenvalue weighted by Gasteiger charge is -2.22. The van der Waals surface area contributed by atoms with E-state index >= 15 is 0 Å². The van der Waals surface area contributed by atoms with Crippen molar-refractivity contribution in [2.24, 2.45) is 5.92 Å². The van der Waals surface area contributed by atoms with Crippen molar-refractivity contribution in [1.82, 2.24) is 5.32 Å². The molecule has 76 valence electrons. The third-order valence-corrected chi connectivity index (χ3v) is 2.37. The van der Waals surface area contributed by atoms with E-state index in [4.69, 9.17) is 0 Å². The van der Waals surface area contributed by atoms with Crippen molar-refractivity contribution in [3.05, 3.63) is 12.2 Å². The van der Waals surface area contributed by atoms with E-state index in [0.717, 1.165) is 12.5 Å². The Labute approximate surface area is 81.0 Å². The highest BCUT2D eigenvalue weighted by Gasteiger charge is 2.14. The number of allylic oxidation sites excluding steroid dienone is 2. The van der Waals surface area contributed by atoms with Crippen LogP contribution in [0.25, 0.3) is 0 Å². The molecule has 0 bridgehead atoms. The van der Waals surface area contributed by atoms with Crippen LogP contribution in [0.3, 0.4) is 0 Å². The van der Waals surface area contributed by atoms with Gasteiger partial charge in [0.15, 0.2) is 0 Å².